The topological polar surface area (TPSA) is 35.5 Å². The molecule has 0 heterocycles. The molecule has 0 fully saturated rings. The first kappa shape index (κ1) is 14.3. The number of hydrogen-bond donors (Lipinski definition) is 2. The summed E-state index contributed by atoms with van der Waals surface area (Å²) in [5, 5.41) is 13.4. The lowest BCUT2D eigenvalue weighted by atomic mass is 10.2. The van der Waals surface area contributed by atoms with Crippen LogP contribution in [0.2, 0.25) is 5.02 Å². The number of aromatic hydroxyl groups is 1. The van der Waals surface area contributed by atoms with E-state index in [1.54, 1.807) is 6.07 Å². The molecule has 0 saturated carbocycles. The summed E-state index contributed by atoms with van der Waals surface area (Å²) < 4.78 is 0. The Morgan fingerprint density at radius 1 is 1.29 bits per heavy atom. The number of rotatable bonds is 7. The van der Waals surface area contributed by atoms with Gasteiger partial charge in [-0.2, -0.15) is 0 Å². The number of benzene rings is 1. The minimum Gasteiger partial charge on any atom is -0.506 e. The van der Waals surface area contributed by atoms with Crippen molar-refractivity contribution in [3.8, 4) is 5.75 Å². The fraction of sp³-hybridized carbons (Fsp3) is 0.538. The summed E-state index contributed by atoms with van der Waals surface area (Å²) in [7, 11) is 0. The predicted molar refractivity (Wildman–Crippen MR) is 72.6 cm³/mol. The second-order valence-corrected chi connectivity index (χ2v) is 4.36. The first-order valence-electron chi connectivity index (χ1n) is 6.08. The summed E-state index contributed by atoms with van der Waals surface area (Å²) in [5.74, 6) is 0.185. The Morgan fingerprint density at radius 3 is 2.65 bits per heavy atom. The number of nitrogens with zero attached hydrogens (tertiary/aromatic N) is 1. The van der Waals surface area contributed by atoms with E-state index in [-0.39, 0.29) is 5.75 Å². The van der Waals surface area contributed by atoms with Crippen molar-refractivity contribution in [3.05, 3.63) is 28.8 Å². The van der Waals surface area contributed by atoms with Crippen LogP contribution in [0.15, 0.2) is 18.2 Å². The number of hydrogen-bond acceptors (Lipinski definition) is 3. The fourth-order valence-electron chi connectivity index (χ4n) is 1.70. The first-order chi connectivity index (χ1) is 8.19. The van der Waals surface area contributed by atoms with E-state index in [9.17, 15) is 5.11 Å². The van der Waals surface area contributed by atoms with E-state index < -0.39 is 0 Å². The highest BCUT2D eigenvalue weighted by Crippen LogP contribution is 2.26. The summed E-state index contributed by atoms with van der Waals surface area (Å²) in [6, 6.07) is 5.42. The number of para-hydroxylation sites is 1. The zero-order valence-electron chi connectivity index (χ0n) is 10.5. The number of halogens is 1. The molecule has 0 aliphatic rings. The van der Waals surface area contributed by atoms with Gasteiger partial charge >= 0.3 is 0 Å². The number of likely N-dealkylation sites (N-methyl/N-ethyl adjacent to an activating group) is 1. The van der Waals surface area contributed by atoms with E-state index in [0.717, 1.165) is 31.7 Å². The zero-order valence-corrected chi connectivity index (χ0v) is 11.3. The third kappa shape index (κ3) is 4.54. The Kier molecular flexibility index (Phi) is 6.34. The van der Waals surface area contributed by atoms with E-state index in [1.165, 1.54) is 0 Å². The van der Waals surface area contributed by atoms with Crippen LogP contribution in [0.3, 0.4) is 0 Å². The van der Waals surface area contributed by atoms with Crippen LogP contribution in [-0.4, -0.2) is 36.2 Å². The van der Waals surface area contributed by atoms with Crippen molar-refractivity contribution < 1.29 is 5.11 Å². The van der Waals surface area contributed by atoms with Gasteiger partial charge in [-0.15, -0.1) is 0 Å². The van der Waals surface area contributed by atoms with Gasteiger partial charge in [0.15, 0.2) is 0 Å². The van der Waals surface area contributed by atoms with Gasteiger partial charge in [0.25, 0.3) is 0 Å². The van der Waals surface area contributed by atoms with Crippen molar-refractivity contribution >= 4 is 11.6 Å². The van der Waals surface area contributed by atoms with Crippen LogP contribution >= 0.6 is 11.6 Å². The molecule has 0 saturated heterocycles. The molecule has 1 aromatic carbocycles. The van der Waals surface area contributed by atoms with Gasteiger partial charge in [-0.1, -0.05) is 37.6 Å². The normalized spacial score (nSPS) is 11.1. The highest BCUT2D eigenvalue weighted by Gasteiger charge is 2.04. The lowest BCUT2D eigenvalue weighted by Crippen LogP contribution is -2.31. The van der Waals surface area contributed by atoms with Gasteiger partial charge in [-0.05, 0) is 19.2 Å². The van der Waals surface area contributed by atoms with Crippen LogP contribution in [0.1, 0.15) is 19.4 Å². The molecule has 0 bridgehead atoms. The largest absolute Gasteiger partial charge is 0.506 e. The molecule has 0 amide bonds. The number of phenolic OH excluding ortho intramolecular Hbond substituents is 1. The van der Waals surface area contributed by atoms with Gasteiger partial charge in [-0.25, -0.2) is 0 Å². The summed E-state index contributed by atoms with van der Waals surface area (Å²) in [5.41, 5.74) is 0.844. The van der Waals surface area contributed by atoms with Crippen molar-refractivity contribution in [3.63, 3.8) is 0 Å². The highest BCUT2D eigenvalue weighted by molar-refractivity contribution is 6.32. The fourth-order valence-corrected chi connectivity index (χ4v) is 1.90. The lowest BCUT2D eigenvalue weighted by molar-refractivity contribution is 0.302. The Labute approximate surface area is 108 Å². The summed E-state index contributed by atoms with van der Waals surface area (Å²) in [6.45, 7) is 9.04. The molecular weight excluding hydrogens is 236 g/mol. The molecule has 0 atom stereocenters. The summed E-state index contributed by atoms with van der Waals surface area (Å²) >= 11 is 5.84. The van der Waals surface area contributed by atoms with Gasteiger partial charge in [0.2, 0.25) is 0 Å². The zero-order chi connectivity index (χ0) is 12.7. The average Bonchev–Trinajstić information content (AvgIpc) is 2.34. The molecule has 0 unspecified atom stereocenters. The van der Waals surface area contributed by atoms with Crippen LogP contribution in [-0.2, 0) is 6.54 Å². The summed E-state index contributed by atoms with van der Waals surface area (Å²) in [6.07, 6.45) is 0. The maximum atomic E-state index is 9.72. The highest BCUT2D eigenvalue weighted by atomic mass is 35.5. The Hall–Kier alpha value is -0.770. The van der Waals surface area contributed by atoms with Crippen molar-refractivity contribution in [1.82, 2.24) is 10.2 Å². The second kappa shape index (κ2) is 7.54. The molecule has 96 valence electrons. The third-order valence-electron chi connectivity index (χ3n) is 2.89. The van der Waals surface area contributed by atoms with E-state index >= 15 is 0 Å². The van der Waals surface area contributed by atoms with Gasteiger partial charge in [-0.3, -0.25) is 0 Å². The molecule has 0 radical (unpaired) electrons. The third-order valence-corrected chi connectivity index (χ3v) is 3.19. The molecule has 4 heteroatoms. The number of phenols is 1. The molecular formula is C13H21ClN2O. The SMILES string of the molecule is CCN(CC)CCNCc1cccc(Cl)c1O. The van der Waals surface area contributed by atoms with Crippen LogP contribution < -0.4 is 5.32 Å². The van der Waals surface area contributed by atoms with Crippen LogP contribution in [0.25, 0.3) is 0 Å². The van der Waals surface area contributed by atoms with E-state index in [1.807, 2.05) is 12.1 Å². The molecule has 0 spiro atoms. The van der Waals surface area contributed by atoms with Gasteiger partial charge < -0.3 is 15.3 Å². The maximum Gasteiger partial charge on any atom is 0.138 e. The van der Waals surface area contributed by atoms with Crippen molar-refractivity contribution in [1.29, 1.82) is 0 Å². The van der Waals surface area contributed by atoms with Gasteiger partial charge in [0.05, 0.1) is 5.02 Å². The standard InChI is InChI=1S/C13H21ClN2O/c1-3-16(4-2)9-8-15-10-11-6-5-7-12(14)13(11)17/h5-7,15,17H,3-4,8-10H2,1-2H3. The van der Waals surface area contributed by atoms with Crippen molar-refractivity contribution in [2.45, 2.75) is 20.4 Å². The van der Waals surface area contributed by atoms with E-state index in [4.69, 9.17) is 11.6 Å². The molecule has 0 aliphatic heterocycles. The molecule has 1 rings (SSSR count). The first-order valence-corrected chi connectivity index (χ1v) is 6.46. The second-order valence-electron chi connectivity index (χ2n) is 3.95. The lowest BCUT2D eigenvalue weighted by Gasteiger charge is -2.18. The van der Waals surface area contributed by atoms with Crippen LogP contribution in [0, 0.1) is 0 Å². The minimum atomic E-state index is 0.185. The molecule has 0 aromatic heterocycles. The van der Waals surface area contributed by atoms with Crippen molar-refractivity contribution in [2.24, 2.45) is 0 Å². The Balaban J connectivity index is 2.33. The molecule has 3 nitrogen and oxygen atoms in total. The number of nitrogens with one attached hydrogen (secondary N) is 1. The van der Waals surface area contributed by atoms with Crippen molar-refractivity contribution in [2.75, 3.05) is 26.2 Å². The quantitative estimate of drug-likeness (QED) is 0.736. The van der Waals surface area contributed by atoms with Crippen LogP contribution in [0.4, 0.5) is 0 Å². The predicted octanol–water partition coefficient (Wildman–Crippen LogP) is 2.48. The van der Waals surface area contributed by atoms with E-state index in [0.29, 0.717) is 11.6 Å². The molecule has 1 aromatic rings. The Morgan fingerprint density at radius 2 is 2.00 bits per heavy atom. The smallest absolute Gasteiger partial charge is 0.138 e. The van der Waals surface area contributed by atoms with Gasteiger partial charge in [0.1, 0.15) is 5.75 Å². The van der Waals surface area contributed by atoms with Gasteiger partial charge in [0, 0.05) is 25.2 Å². The molecule has 2 N–H and O–H groups in total. The average molecular weight is 257 g/mol. The minimum absolute atomic E-state index is 0.185. The molecule has 17 heavy (non-hydrogen) atoms. The van der Waals surface area contributed by atoms with Crippen LogP contribution in [0.5, 0.6) is 5.75 Å². The monoisotopic (exact) mass is 256 g/mol. The van der Waals surface area contributed by atoms with E-state index in [2.05, 4.69) is 24.1 Å². The Bertz CT molecular complexity index is 340. The summed E-state index contributed by atoms with van der Waals surface area (Å²) in [4.78, 5) is 2.35. The molecule has 0 aliphatic carbocycles. The maximum absolute atomic E-state index is 9.72.